The van der Waals surface area contributed by atoms with E-state index in [0.29, 0.717) is 37.3 Å². The van der Waals surface area contributed by atoms with Gasteiger partial charge in [0.25, 0.3) is 0 Å². The van der Waals surface area contributed by atoms with Gasteiger partial charge in [-0.25, -0.2) is 9.37 Å². The molecule has 1 atom stereocenters. The van der Waals surface area contributed by atoms with Gasteiger partial charge in [0.05, 0.1) is 22.5 Å². The highest BCUT2D eigenvalue weighted by Gasteiger charge is 2.44. The normalized spacial score (nSPS) is 25.3. The minimum Gasteiger partial charge on any atom is -0.466 e. The maximum atomic E-state index is 13.5. The van der Waals surface area contributed by atoms with Crippen molar-refractivity contribution in [1.82, 2.24) is 4.98 Å². The van der Waals surface area contributed by atoms with Crippen molar-refractivity contribution in [2.24, 2.45) is 11.8 Å². The molecule has 1 N–H and O–H groups in total. The summed E-state index contributed by atoms with van der Waals surface area (Å²) in [5.74, 6) is -0.531. The van der Waals surface area contributed by atoms with Crippen LogP contribution in [0.3, 0.4) is 0 Å². The van der Waals surface area contributed by atoms with Crippen molar-refractivity contribution in [1.29, 1.82) is 0 Å². The molecule has 2 rings (SSSR count). The van der Waals surface area contributed by atoms with E-state index in [4.69, 9.17) is 4.74 Å². The van der Waals surface area contributed by atoms with E-state index < -0.39 is 12.3 Å². The van der Waals surface area contributed by atoms with E-state index in [9.17, 15) is 14.3 Å². The number of hydrogen-bond donors (Lipinski definition) is 1. The Bertz CT molecular complexity index is 490. The zero-order chi connectivity index (χ0) is 15.5. The van der Waals surface area contributed by atoms with Crippen LogP contribution in [-0.2, 0) is 15.1 Å². The van der Waals surface area contributed by atoms with Crippen LogP contribution in [0.15, 0.2) is 9.98 Å². The van der Waals surface area contributed by atoms with Crippen molar-refractivity contribution in [3.8, 4) is 0 Å². The summed E-state index contributed by atoms with van der Waals surface area (Å²) in [7, 11) is 0. The summed E-state index contributed by atoms with van der Waals surface area (Å²) in [4.78, 5) is 15.8. The van der Waals surface area contributed by atoms with Crippen LogP contribution in [0.2, 0.25) is 0 Å². The molecule has 0 spiro atoms. The topological polar surface area (TPSA) is 59.4 Å². The fourth-order valence-electron chi connectivity index (χ4n) is 2.86. The zero-order valence-corrected chi connectivity index (χ0v) is 14.3. The van der Waals surface area contributed by atoms with Gasteiger partial charge in [-0.15, -0.1) is 11.3 Å². The predicted octanol–water partition coefficient (Wildman–Crippen LogP) is 3.43. The van der Waals surface area contributed by atoms with Crippen molar-refractivity contribution in [3.63, 3.8) is 0 Å². The van der Waals surface area contributed by atoms with Gasteiger partial charge in [-0.1, -0.05) is 0 Å². The van der Waals surface area contributed by atoms with Crippen LogP contribution < -0.4 is 0 Å². The fraction of sp³-hybridized carbons (Fsp3) is 0.714. The van der Waals surface area contributed by atoms with Crippen LogP contribution in [-0.4, -0.2) is 29.3 Å². The van der Waals surface area contributed by atoms with E-state index in [0.717, 1.165) is 3.79 Å². The summed E-state index contributed by atoms with van der Waals surface area (Å²) >= 11 is 4.54. The molecule has 0 aliphatic heterocycles. The van der Waals surface area contributed by atoms with Gasteiger partial charge in [0.2, 0.25) is 0 Å². The average Bonchev–Trinajstić information content (AvgIpc) is 2.94. The third-order valence-electron chi connectivity index (χ3n) is 4.07. The van der Waals surface area contributed by atoms with E-state index >= 15 is 0 Å². The molecule has 7 heteroatoms. The molecule has 1 saturated carbocycles. The molecule has 1 aromatic rings. The maximum Gasteiger partial charge on any atom is 0.308 e. The number of alkyl halides is 1. The summed E-state index contributed by atoms with van der Waals surface area (Å²) in [6.07, 6.45) is 4.02. The molecule has 1 aliphatic carbocycles. The van der Waals surface area contributed by atoms with E-state index in [1.54, 1.807) is 13.1 Å². The number of hydrogen-bond acceptors (Lipinski definition) is 5. The van der Waals surface area contributed by atoms with Crippen LogP contribution >= 0.6 is 27.3 Å². The van der Waals surface area contributed by atoms with E-state index in [-0.39, 0.29) is 17.8 Å². The largest absolute Gasteiger partial charge is 0.466 e. The molecule has 1 fully saturated rings. The first-order chi connectivity index (χ1) is 10.0. The zero-order valence-electron chi connectivity index (χ0n) is 11.8. The molecule has 1 aromatic heterocycles. The van der Waals surface area contributed by atoms with Crippen molar-refractivity contribution in [2.45, 2.75) is 38.2 Å². The number of carbonyl (C=O) groups excluding carboxylic acids is 1. The molecule has 118 valence electrons. The fourth-order valence-corrected chi connectivity index (χ4v) is 4.22. The minimum absolute atomic E-state index is 0.131. The Balaban J connectivity index is 2.04. The van der Waals surface area contributed by atoms with Gasteiger partial charge in [-0.3, -0.25) is 4.79 Å². The van der Waals surface area contributed by atoms with Gasteiger partial charge in [-0.05, 0) is 54.5 Å². The second-order valence-corrected chi connectivity index (χ2v) is 7.74. The number of halogens is 2. The summed E-state index contributed by atoms with van der Waals surface area (Å²) in [6, 6.07) is 0. The average molecular weight is 380 g/mol. The smallest absolute Gasteiger partial charge is 0.308 e. The Morgan fingerprint density at radius 3 is 2.71 bits per heavy atom. The highest BCUT2D eigenvalue weighted by atomic mass is 79.9. The third kappa shape index (κ3) is 3.63. The van der Waals surface area contributed by atoms with Crippen molar-refractivity contribution < 1.29 is 19.0 Å². The number of nitrogens with zero attached hydrogens (tertiary/aromatic N) is 1. The van der Waals surface area contributed by atoms with Crippen LogP contribution in [0.1, 0.15) is 37.6 Å². The molecule has 0 saturated heterocycles. The molecule has 0 bridgehead atoms. The number of aliphatic hydroxyl groups is 1. The molecule has 1 unspecified atom stereocenters. The summed E-state index contributed by atoms with van der Waals surface area (Å²) in [6.45, 7) is 1.30. The minimum atomic E-state index is -1.55. The van der Waals surface area contributed by atoms with E-state index in [2.05, 4.69) is 20.9 Å². The Morgan fingerprint density at radius 1 is 1.57 bits per heavy atom. The first-order valence-electron chi connectivity index (χ1n) is 7.08. The number of aromatic nitrogens is 1. The van der Waals surface area contributed by atoms with Crippen LogP contribution in [0.5, 0.6) is 0 Å². The summed E-state index contributed by atoms with van der Waals surface area (Å²) in [5, 5.41) is 11.1. The Kier molecular flexibility index (Phi) is 5.73. The molecular formula is C14H19BrFNO3S. The number of rotatable bonds is 5. The van der Waals surface area contributed by atoms with Gasteiger partial charge < -0.3 is 9.84 Å². The third-order valence-corrected chi connectivity index (χ3v) is 5.72. The highest BCUT2D eigenvalue weighted by molar-refractivity contribution is 9.11. The predicted molar refractivity (Wildman–Crippen MR) is 81.8 cm³/mol. The van der Waals surface area contributed by atoms with Crippen LogP contribution in [0.4, 0.5) is 4.39 Å². The van der Waals surface area contributed by atoms with Crippen molar-refractivity contribution in [3.05, 3.63) is 15.0 Å². The lowest BCUT2D eigenvalue weighted by Crippen LogP contribution is -2.40. The number of ether oxygens (including phenoxy) is 1. The Labute approximate surface area is 135 Å². The lowest BCUT2D eigenvalue weighted by molar-refractivity contribution is -0.150. The quantitative estimate of drug-likeness (QED) is 0.796. The van der Waals surface area contributed by atoms with Crippen LogP contribution in [0, 0.1) is 11.8 Å². The highest BCUT2D eigenvalue weighted by Crippen LogP contribution is 2.43. The first-order valence-corrected chi connectivity index (χ1v) is 8.69. The van der Waals surface area contributed by atoms with E-state index in [1.807, 2.05) is 0 Å². The van der Waals surface area contributed by atoms with Crippen molar-refractivity contribution >= 4 is 33.2 Å². The standard InChI is InChI=1S/C14H19BrFNO3S/c1-2-20-12(18)9-3-5-10(6-4-9)14(19,8-16)13-17-7-11(15)21-13/h7,9-10,19H,2-6,8H2,1H3. The molecular weight excluding hydrogens is 361 g/mol. The number of carbonyl (C=O) groups is 1. The molecule has 0 aromatic carbocycles. The maximum absolute atomic E-state index is 13.5. The summed E-state index contributed by atoms with van der Waals surface area (Å²) < 4.78 is 19.3. The molecule has 21 heavy (non-hydrogen) atoms. The lowest BCUT2D eigenvalue weighted by Gasteiger charge is -2.36. The lowest BCUT2D eigenvalue weighted by atomic mass is 9.74. The Hall–Kier alpha value is -0.530. The molecule has 0 radical (unpaired) electrons. The monoisotopic (exact) mass is 379 g/mol. The number of thiazole rings is 1. The molecule has 1 aliphatic rings. The summed E-state index contributed by atoms with van der Waals surface area (Å²) in [5.41, 5.74) is -1.55. The van der Waals surface area contributed by atoms with Crippen LogP contribution in [0.25, 0.3) is 0 Å². The van der Waals surface area contributed by atoms with Gasteiger partial charge in [0.15, 0.2) is 0 Å². The van der Waals surface area contributed by atoms with Gasteiger partial charge in [0.1, 0.15) is 17.3 Å². The first kappa shape index (κ1) is 16.8. The Morgan fingerprint density at radius 2 is 2.24 bits per heavy atom. The van der Waals surface area contributed by atoms with E-state index in [1.165, 1.54) is 11.3 Å². The molecule has 4 nitrogen and oxygen atoms in total. The second-order valence-electron chi connectivity index (χ2n) is 5.33. The number of esters is 1. The van der Waals surface area contributed by atoms with Gasteiger partial charge >= 0.3 is 5.97 Å². The second kappa shape index (κ2) is 7.15. The van der Waals surface area contributed by atoms with Crippen molar-refractivity contribution in [2.75, 3.05) is 13.3 Å². The van der Waals surface area contributed by atoms with Gasteiger partial charge in [-0.2, -0.15) is 0 Å². The molecule has 0 amide bonds. The SMILES string of the molecule is CCOC(=O)C1CCC(C(O)(CF)c2ncc(Br)s2)CC1. The molecule has 1 heterocycles. The van der Waals surface area contributed by atoms with Gasteiger partial charge in [0, 0.05) is 0 Å².